The van der Waals surface area contributed by atoms with Gasteiger partial charge < -0.3 is 10.1 Å². The first-order chi connectivity index (χ1) is 7.74. The fraction of sp³-hybridized carbons (Fsp3) is 0.462. The number of hydrogen-bond donors (Lipinski definition) is 1. The Labute approximate surface area is 97.0 Å². The van der Waals surface area contributed by atoms with Gasteiger partial charge in [0.2, 0.25) is 0 Å². The van der Waals surface area contributed by atoms with E-state index in [1.54, 1.807) is 0 Å². The highest BCUT2D eigenvalue weighted by Gasteiger charge is 1.99. The highest BCUT2D eigenvalue weighted by atomic mass is 16.5. The molecule has 0 aromatic heterocycles. The number of hydrogen-bond acceptors (Lipinski definition) is 3. The van der Waals surface area contributed by atoms with Crippen molar-refractivity contribution in [3.8, 4) is 6.07 Å². The largest absolute Gasteiger partial charge is 0.377 e. The highest BCUT2D eigenvalue weighted by Crippen LogP contribution is 2.06. The van der Waals surface area contributed by atoms with Gasteiger partial charge in [0.05, 0.1) is 24.3 Å². The third-order valence-corrected chi connectivity index (χ3v) is 2.18. The molecule has 0 atom stereocenters. The zero-order chi connectivity index (χ0) is 11.8. The molecule has 0 saturated heterocycles. The Morgan fingerprint density at radius 3 is 2.81 bits per heavy atom. The lowest BCUT2D eigenvalue weighted by molar-refractivity contribution is 0.0807. The molecule has 0 aliphatic carbocycles. The van der Waals surface area contributed by atoms with E-state index in [1.165, 1.54) is 0 Å². The SMILES string of the molecule is CC(C)OCCNCc1ccccc1C#N. The van der Waals surface area contributed by atoms with Gasteiger partial charge in [0, 0.05) is 13.1 Å². The molecule has 0 amide bonds. The van der Waals surface area contributed by atoms with Crippen LogP contribution in [0.15, 0.2) is 24.3 Å². The molecule has 0 aliphatic heterocycles. The van der Waals surface area contributed by atoms with E-state index in [2.05, 4.69) is 11.4 Å². The van der Waals surface area contributed by atoms with Gasteiger partial charge in [-0.2, -0.15) is 5.26 Å². The number of nitrogens with one attached hydrogen (secondary N) is 1. The topological polar surface area (TPSA) is 45.0 Å². The first-order valence-corrected chi connectivity index (χ1v) is 5.54. The molecule has 0 bridgehead atoms. The summed E-state index contributed by atoms with van der Waals surface area (Å²) < 4.78 is 5.41. The van der Waals surface area contributed by atoms with Crippen molar-refractivity contribution >= 4 is 0 Å². The minimum Gasteiger partial charge on any atom is -0.377 e. The fourth-order valence-electron chi connectivity index (χ4n) is 1.37. The lowest BCUT2D eigenvalue weighted by atomic mass is 10.1. The first-order valence-electron chi connectivity index (χ1n) is 5.54. The normalized spacial score (nSPS) is 10.4. The average Bonchev–Trinajstić information content (AvgIpc) is 2.29. The Kier molecular flexibility index (Phi) is 5.55. The Bertz CT molecular complexity index is 355. The lowest BCUT2D eigenvalue weighted by Gasteiger charge is -2.09. The third kappa shape index (κ3) is 4.43. The van der Waals surface area contributed by atoms with Crippen LogP contribution in [0.25, 0.3) is 0 Å². The molecular formula is C13H18N2O. The summed E-state index contributed by atoms with van der Waals surface area (Å²) in [4.78, 5) is 0. The second-order valence-electron chi connectivity index (χ2n) is 3.87. The van der Waals surface area contributed by atoms with Crippen molar-refractivity contribution in [1.29, 1.82) is 5.26 Å². The molecule has 0 radical (unpaired) electrons. The van der Waals surface area contributed by atoms with Crippen LogP contribution < -0.4 is 5.32 Å². The van der Waals surface area contributed by atoms with Crippen molar-refractivity contribution in [1.82, 2.24) is 5.32 Å². The van der Waals surface area contributed by atoms with Crippen molar-refractivity contribution in [2.24, 2.45) is 0 Å². The van der Waals surface area contributed by atoms with Crippen LogP contribution >= 0.6 is 0 Å². The van der Waals surface area contributed by atoms with Crippen molar-refractivity contribution < 1.29 is 4.74 Å². The maximum atomic E-state index is 8.89. The number of nitriles is 1. The monoisotopic (exact) mass is 218 g/mol. The summed E-state index contributed by atoms with van der Waals surface area (Å²) in [5.41, 5.74) is 1.77. The molecule has 0 spiro atoms. The summed E-state index contributed by atoms with van der Waals surface area (Å²) in [5, 5.41) is 12.1. The molecule has 1 rings (SSSR count). The van der Waals surface area contributed by atoms with Gasteiger partial charge in [-0.25, -0.2) is 0 Å². The molecule has 0 saturated carbocycles. The van der Waals surface area contributed by atoms with Crippen LogP contribution in [-0.2, 0) is 11.3 Å². The van der Waals surface area contributed by atoms with E-state index < -0.39 is 0 Å². The van der Waals surface area contributed by atoms with Crippen molar-refractivity contribution in [2.45, 2.75) is 26.5 Å². The van der Waals surface area contributed by atoms with Crippen LogP contribution in [0.2, 0.25) is 0 Å². The average molecular weight is 218 g/mol. The van der Waals surface area contributed by atoms with E-state index >= 15 is 0 Å². The van der Waals surface area contributed by atoms with Crippen molar-refractivity contribution in [3.05, 3.63) is 35.4 Å². The van der Waals surface area contributed by atoms with E-state index in [1.807, 2.05) is 38.1 Å². The minimum absolute atomic E-state index is 0.271. The zero-order valence-electron chi connectivity index (χ0n) is 9.86. The van der Waals surface area contributed by atoms with Gasteiger partial charge in [0.1, 0.15) is 0 Å². The molecule has 0 heterocycles. The predicted octanol–water partition coefficient (Wildman–Crippen LogP) is 2.07. The molecule has 0 fully saturated rings. The van der Waals surface area contributed by atoms with Crippen LogP contribution in [-0.4, -0.2) is 19.3 Å². The molecule has 86 valence electrons. The van der Waals surface area contributed by atoms with Crippen LogP contribution in [0.1, 0.15) is 25.0 Å². The summed E-state index contributed by atoms with van der Waals surface area (Å²) in [5.74, 6) is 0. The van der Waals surface area contributed by atoms with E-state index in [4.69, 9.17) is 10.00 Å². The molecule has 0 unspecified atom stereocenters. The number of ether oxygens (including phenoxy) is 1. The minimum atomic E-state index is 0.271. The molecule has 1 N–H and O–H groups in total. The molecule has 0 aliphatic rings. The predicted molar refractivity (Wildman–Crippen MR) is 64.0 cm³/mol. The number of rotatable bonds is 6. The Balaban J connectivity index is 2.30. The van der Waals surface area contributed by atoms with Gasteiger partial charge in [-0.1, -0.05) is 18.2 Å². The summed E-state index contributed by atoms with van der Waals surface area (Å²) in [6.45, 7) is 6.26. The number of benzene rings is 1. The van der Waals surface area contributed by atoms with E-state index in [-0.39, 0.29) is 6.10 Å². The molecule has 16 heavy (non-hydrogen) atoms. The number of nitrogens with zero attached hydrogens (tertiary/aromatic N) is 1. The smallest absolute Gasteiger partial charge is 0.0995 e. The third-order valence-electron chi connectivity index (χ3n) is 2.18. The molecule has 1 aromatic rings. The van der Waals surface area contributed by atoms with Gasteiger partial charge in [-0.15, -0.1) is 0 Å². The van der Waals surface area contributed by atoms with E-state index in [9.17, 15) is 0 Å². The van der Waals surface area contributed by atoms with E-state index in [0.717, 1.165) is 17.7 Å². The maximum Gasteiger partial charge on any atom is 0.0995 e. The van der Waals surface area contributed by atoms with Gasteiger partial charge >= 0.3 is 0 Å². The molecule has 3 heteroatoms. The van der Waals surface area contributed by atoms with Gasteiger partial charge in [-0.3, -0.25) is 0 Å². The summed E-state index contributed by atoms with van der Waals surface area (Å²) in [6, 6.07) is 9.81. The highest BCUT2D eigenvalue weighted by molar-refractivity contribution is 5.37. The summed E-state index contributed by atoms with van der Waals surface area (Å²) in [6.07, 6.45) is 0.271. The second kappa shape index (κ2) is 7.00. The Morgan fingerprint density at radius 1 is 1.38 bits per heavy atom. The standard InChI is InChI=1S/C13H18N2O/c1-11(2)16-8-7-15-10-13-6-4-3-5-12(13)9-14/h3-6,11,15H,7-8,10H2,1-2H3. The Morgan fingerprint density at radius 2 is 2.12 bits per heavy atom. The van der Waals surface area contributed by atoms with Crippen LogP contribution in [0.4, 0.5) is 0 Å². The Hall–Kier alpha value is -1.37. The second-order valence-corrected chi connectivity index (χ2v) is 3.87. The van der Waals surface area contributed by atoms with Gasteiger partial charge in [0.15, 0.2) is 0 Å². The maximum absolute atomic E-state index is 8.89. The van der Waals surface area contributed by atoms with E-state index in [0.29, 0.717) is 13.2 Å². The van der Waals surface area contributed by atoms with Crippen LogP contribution in [0, 0.1) is 11.3 Å². The van der Waals surface area contributed by atoms with Gasteiger partial charge in [0.25, 0.3) is 0 Å². The van der Waals surface area contributed by atoms with Crippen molar-refractivity contribution in [2.75, 3.05) is 13.2 Å². The van der Waals surface area contributed by atoms with Crippen molar-refractivity contribution in [3.63, 3.8) is 0 Å². The summed E-state index contributed by atoms with van der Waals surface area (Å²) >= 11 is 0. The summed E-state index contributed by atoms with van der Waals surface area (Å²) in [7, 11) is 0. The first kappa shape index (κ1) is 12.7. The molecule has 3 nitrogen and oxygen atoms in total. The molecular weight excluding hydrogens is 200 g/mol. The fourth-order valence-corrected chi connectivity index (χ4v) is 1.37. The van der Waals surface area contributed by atoms with Crippen LogP contribution in [0.5, 0.6) is 0 Å². The quantitative estimate of drug-likeness (QED) is 0.743. The lowest BCUT2D eigenvalue weighted by Crippen LogP contribution is -2.21. The van der Waals surface area contributed by atoms with Gasteiger partial charge in [-0.05, 0) is 25.5 Å². The zero-order valence-corrected chi connectivity index (χ0v) is 9.86. The van der Waals surface area contributed by atoms with Crippen LogP contribution in [0.3, 0.4) is 0 Å². The molecule has 1 aromatic carbocycles.